The molecule has 0 radical (unpaired) electrons. The molecule has 1 aromatic rings. The quantitative estimate of drug-likeness (QED) is 0.539. The zero-order valence-electron chi connectivity index (χ0n) is 12.7. The molecular formula is C15H17F7O2. The van der Waals surface area contributed by atoms with Gasteiger partial charge in [0.1, 0.15) is 5.75 Å². The van der Waals surface area contributed by atoms with E-state index in [0.29, 0.717) is 6.42 Å². The van der Waals surface area contributed by atoms with Crippen molar-refractivity contribution >= 4 is 0 Å². The van der Waals surface area contributed by atoms with E-state index in [-0.39, 0.29) is 17.9 Å². The van der Waals surface area contributed by atoms with Gasteiger partial charge in [0.25, 0.3) is 0 Å². The first-order chi connectivity index (χ1) is 10.9. The van der Waals surface area contributed by atoms with Gasteiger partial charge in [0.2, 0.25) is 0 Å². The summed E-state index contributed by atoms with van der Waals surface area (Å²) in [6.45, 7) is 2.02. The maximum Gasteiger partial charge on any atom is 0.431 e. The Morgan fingerprint density at radius 2 is 1.54 bits per heavy atom. The van der Waals surface area contributed by atoms with Gasteiger partial charge in [0.05, 0.1) is 12.7 Å². The second-order valence-electron chi connectivity index (χ2n) is 5.26. The Morgan fingerprint density at radius 1 is 1.00 bits per heavy atom. The fraction of sp³-hybridized carbons (Fsp3) is 0.600. The summed E-state index contributed by atoms with van der Waals surface area (Å²) in [5, 5.41) is 9.80. The van der Waals surface area contributed by atoms with Crippen LogP contribution in [0.25, 0.3) is 0 Å². The van der Waals surface area contributed by atoms with Crippen molar-refractivity contribution in [2.45, 2.75) is 50.3 Å². The molecule has 1 aromatic carbocycles. The topological polar surface area (TPSA) is 29.5 Å². The van der Waals surface area contributed by atoms with Crippen molar-refractivity contribution in [3.63, 3.8) is 0 Å². The number of para-hydroxylation sites is 1. The zero-order valence-corrected chi connectivity index (χ0v) is 12.7. The smallest absolute Gasteiger partial charge is 0.431 e. The van der Waals surface area contributed by atoms with Crippen LogP contribution in [0, 0.1) is 0 Å². The second kappa shape index (κ2) is 7.58. The Balaban J connectivity index is 3.07. The Bertz CT molecular complexity index is 511. The lowest BCUT2D eigenvalue weighted by Crippen LogP contribution is -2.54. The number of alkyl halides is 7. The van der Waals surface area contributed by atoms with E-state index >= 15 is 0 Å². The molecule has 1 atom stereocenters. The van der Waals surface area contributed by atoms with Crippen LogP contribution in [-0.4, -0.2) is 29.7 Å². The van der Waals surface area contributed by atoms with E-state index < -0.39 is 30.5 Å². The predicted octanol–water partition coefficient (Wildman–Crippen LogP) is 5.12. The molecule has 0 aromatic heterocycles. The van der Waals surface area contributed by atoms with Gasteiger partial charge in [-0.1, -0.05) is 31.5 Å². The minimum atomic E-state index is -6.20. The van der Waals surface area contributed by atoms with Gasteiger partial charge >= 0.3 is 18.0 Å². The standard InChI is InChI=1S/C15H17F7O2/c1-2-3-8-24-12-7-5-4-6-10(12)11(23)9-13(16,14(17,18)19)15(20,21)22/h4-7,11,23H,2-3,8-9H2,1H3. The number of hydrogen-bond donors (Lipinski definition) is 1. The fourth-order valence-corrected chi connectivity index (χ4v) is 1.98. The first-order valence-electron chi connectivity index (χ1n) is 7.16. The van der Waals surface area contributed by atoms with Gasteiger partial charge in [-0.3, -0.25) is 0 Å². The third-order valence-corrected chi connectivity index (χ3v) is 3.41. The summed E-state index contributed by atoms with van der Waals surface area (Å²) in [6.07, 6.45) is -15.6. The van der Waals surface area contributed by atoms with Gasteiger partial charge in [-0.05, 0) is 12.5 Å². The normalized spacial score (nSPS) is 14.5. The average Bonchev–Trinajstić information content (AvgIpc) is 2.45. The van der Waals surface area contributed by atoms with Crippen molar-refractivity contribution in [2.75, 3.05) is 6.61 Å². The lowest BCUT2D eigenvalue weighted by atomic mass is 9.92. The van der Waals surface area contributed by atoms with E-state index in [1.807, 2.05) is 6.92 Å². The molecular weight excluding hydrogens is 345 g/mol. The summed E-state index contributed by atoms with van der Waals surface area (Å²) in [6, 6.07) is 5.12. The zero-order chi connectivity index (χ0) is 18.6. The Labute approximate surface area is 134 Å². The fourth-order valence-electron chi connectivity index (χ4n) is 1.98. The molecule has 9 heteroatoms. The molecule has 0 saturated carbocycles. The van der Waals surface area contributed by atoms with Gasteiger partial charge in [0, 0.05) is 12.0 Å². The molecule has 138 valence electrons. The maximum atomic E-state index is 13.7. The molecule has 0 saturated heterocycles. The van der Waals surface area contributed by atoms with Crippen molar-refractivity contribution in [1.82, 2.24) is 0 Å². The van der Waals surface area contributed by atoms with Crippen LogP contribution >= 0.6 is 0 Å². The molecule has 0 spiro atoms. The average molecular weight is 362 g/mol. The van der Waals surface area contributed by atoms with E-state index in [2.05, 4.69) is 0 Å². The van der Waals surface area contributed by atoms with E-state index in [4.69, 9.17) is 4.74 Å². The lowest BCUT2D eigenvalue weighted by molar-refractivity contribution is -0.347. The van der Waals surface area contributed by atoms with Crippen LogP contribution < -0.4 is 4.74 Å². The van der Waals surface area contributed by atoms with E-state index in [9.17, 15) is 35.8 Å². The van der Waals surface area contributed by atoms with Crippen molar-refractivity contribution < 1.29 is 40.6 Å². The van der Waals surface area contributed by atoms with Crippen molar-refractivity contribution in [2.24, 2.45) is 0 Å². The number of unbranched alkanes of at least 4 members (excludes halogenated alkanes) is 1. The number of hydrogen-bond acceptors (Lipinski definition) is 2. The molecule has 0 aliphatic rings. The largest absolute Gasteiger partial charge is 0.493 e. The summed E-state index contributed by atoms with van der Waals surface area (Å²) in [4.78, 5) is 0. The van der Waals surface area contributed by atoms with Crippen LogP contribution in [0.15, 0.2) is 24.3 Å². The highest BCUT2D eigenvalue weighted by molar-refractivity contribution is 5.35. The number of aliphatic hydroxyl groups excluding tert-OH is 1. The van der Waals surface area contributed by atoms with Gasteiger partial charge in [-0.2, -0.15) is 26.3 Å². The Kier molecular flexibility index (Phi) is 6.49. The molecule has 1 N–H and O–H groups in total. The highest BCUT2D eigenvalue weighted by atomic mass is 19.4. The Morgan fingerprint density at radius 3 is 2.04 bits per heavy atom. The predicted molar refractivity (Wildman–Crippen MR) is 72.4 cm³/mol. The van der Waals surface area contributed by atoms with Gasteiger partial charge in [-0.25, -0.2) is 4.39 Å². The monoisotopic (exact) mass is 362 g/mol. The van der Waals surface area contributed by atoms with Gasteiger partial charge in [-0.15, -0.1) is 0 Å². The van der Waals surface area contributed by atoms with Crippen molar-refractivity contribution in [3.8, 4) is 5.75 Å². The van der Waals surface area contributed by atoms with E-state index in [1.165, 1.54) is 18.2 Å². The number of ether oxygens (including phenoxy) is 1. The number of rotatable bonds is 7. The number of aliphatic hydroxyl groups is 1. The van der Waals surface area contributed by atoms with E-state index in [1.54, 1.807) is 0 Å². The van der Waals surface area contributed by atoms with Crippen LogP contribution in [0.5, 0.6) is 5.75 Å². The summed E-state index contributed by atoms with van der Waals surface area (Å²) >= 11 is 0. The molecule has 0 amide bonds. The lowest BCUT2D eigenvalue weighted by Gasteiger charge is -2.32. The van der Waals surface area contributed by atoms with Crippen LogP contribution in [0.4, 0.5) is 30.7 Å². The van der Waals surface area contributed by atoms with Crippen LogP contribution in [0.3, 0.4) is 0 Å². The highest BCUT2D eigenvalue weighted by Gasteiger charge is 2.72. The Hall–Kier alpha value is -1.51. The van der Waals surface area contributed by atoms with Crippen LogP contribution in [0.2, 0.25) is 0 Å². The van der Waals surface area contributed by atoms with Crippen LogP contribution in [0.1, 0.15) is 37.9 Å². The molecule has 24 heavy (non-hydrogen) atoms. The second-order valence-corrected chi connectivity index (χ2v) is 5.26. The summed E-state index contributed by atoms with van der Waals surface area (Å²) in [5.41, 5.74) is -5.85. The molecule has 0 heterocycles. The van der Waals surface area contributed by atoms with Crippen LogP contribution in [-0.2, 0) is 0 Å². The first-order valence-corrected chi connectivity index (χ1v) is 7.16. The highest BCUT2D eigenvalue weighted by Crippen LogP contribution is 2.51. The molecule has 0 aliphatic heterocycles. The summed E-state index contributed by atoms with van der Waals surface area (Å²) in [5.74, 6) is -0.0786. The minimum Gasteiger partial charge on any atom is -0.493 e. The van der Waals surface area contributed by atoms with Gasteiger partial charge in [0.15, 0.2) is 0 Å². The molecule has 0 aliphatic carbocycles. The van der Waals surface area contributed by atoms with Crippen molar-refractivity contribution in [1.29, 1.82) is 0 Å². The molecule has 1 unspecified atom stereocenters. The summed E-state index contributed by atoms with van der Waals surface area (Å²) < 4.78 is 94.5. The molecule has 0 bridgehead atoms. The summed E-state index contributed by atoms with van der Waals surface area (Å²) in [7, 11) is 0. The minimum absolute atomic E-state index is 0.0786. The first kappa shape index (κ1) is 20.5. The molecule has 2 nitrogen and oxygen atoms in total. The number of halogens is 7. The van der Waals surface area contributed by atoms with Crippen molar-refractivity contribution in [3.05, 3.63) is 29.8 Å². The SMILES string of the molecule is CCCCOc1ccccc1C(O)CC(F)(C(F)(F)F)C(F)(F)F. The third-order valence-electron chi connectivity index (χ3n) is 3.41. The third kappa shape index (κ3) is 4.52. The van der Waals surface area contributed by atoms with E-state index in [0.717, 1.165) is 12.5 Å². The van der Waals surface area contributed by atoms with Gasteiger partial charge < -0.3 is 9.84 Å². The maximum absolute atomic E-state index is 13.7. The molecule has 1 rings (SSSR count). The molecule has 0 fully saturated rings. The number of benzene rings is 1.